The molecule has 0 amide bonds. The maximum atomic E-state index is 5.80. The Labute approximate surface area is 121 Å². The van der Waals surface area contributed by atoms with Crippen LogP contribution in [0.25, 0.3) is 0 Å². The molecule has 1 aliphatic rings. The molecule has 0 aromatic carbocycles. The molecule has 4 heteroatoms. The van der Waals surface area contributed by atoms with Crippen molar-refractivity contribution in [1.82, 2.24) is 10.2 Å². The first-order chi connectivity index (χ1) is 8.87. The van der Waals surface area contributed by atoms with Crippen molar-refractivity contribution < 1.29 is 0 Å². The Bertz CT molecular complexity index is 416. The summed E-state index contributed by atoms with van der Waals surface area (Å²) in [4.78, 5) is 2.27. The van der Waals surface area contributed by atoms with Gasteiger partial charge in [-0.05, 0) is 42.7 Å². The number of hydrogen-bond donors (Lipinski definition) is 0. The molecule has 1 heterocycles. The van der Waals surface area contributed by atoms with Crippen LogP contribution in [0.3, 0.4) is 0 Å². The van der Waals surface area contributed by atoms with Gasteiger partial charge >= 0.3 is 0 Å². The van der Waals surface area contributed by atoms with E-state index in [-0.39, 0.29) is 0 Å². The van der Waals surface area contributed by atoms with Crippen molar-refractivity contribution in [3.63, 3.8) is 0 Å². The zero-order chi connectivity index (χ0) is 14.0. The summed E-state index contributed by atoms with van der Waals surface area (Å²) < 4.78 is 0. The van der Waals surface area contributed by atoms with Crippen molar-refractivity contribution in [2.45, 2.75) is 52.5 Å². The Balaban J connectivity index is 2.16. The molecular weight excluding hydrogens is 258 g/mol. The second kappa shape index (κ2) is 5.66. The number of anilines is 1. The molecule has 3 nitrogen and oxygen atoms in total. The number of aromatic nitrogens is 2. The van der Waals surface area contributed by atoms with Crippen LogP contribution in [-0.2, 0) is 0 Å². The Hall–Kier alpha value is -0.830. The van der Waals surface area contributed by atoms with Crippen molar-refractivity contribution in [3.8, 4) is 0 Å². The van der Waals surface area contributed by atoms with Gasteiger partial charge in [0.15, 0.2) is 11.0 Å². The minimum atomic E-state index is 0.406. The van der Waals surface area contributed by atoms with E-state index in [1.807, 2.05) is 12.1 Å². The highest BCUT2D eigenvalue weighted by atomic mass is 35.5. The van der Waals surface area contributed by atoms with Crippen molar-refractivity contribution in [3.05, 3.63) is 17.3 Å². The first-order valence-electron chi connectivity index (χ1n) is 7.09. The molecule has 0 aliphatic heterocycles. The summed E-state index contributed by atoms with van der Waals surface area (Å²) in [7, 11) is 2.12. The van der Waals surface area contributed by atoms with E-state index in [2.05, 4.69) is 42.9 Å². The van der Waals surface area contributed by atoms with Gasteiger partial charge in [-0.1, -0.05) is 38.8 Å². The highest BCUT2D eigenvalue weighted by molar-refractivity contribution is 6.29. The smallest absolute Gasteiger partial charge is 0.151 e. The molecule has 0 unspecified atom stereocenters. The van der Waals surface area contributed by atoms with Gasteiger partial charge in [0.05, 0.1) is 0 Å². The number of nitrogens with zero attached hydrogens (tertiary/aromatic N) is 3. The molecule has 1 aliphatic carbocycles. The molecule has 2 atom stereocenters. The SMILES string of the molecule is C[C@H]1CCC(C)(C)C[C@H](N(C)c2ccc(Cl)nn2)C1. The summed E-state index contributed by atoms with van der Waals surface area (Å²) in [6.45, 7) is 7.11. The van der Waals surface area contributed by atoms with Crippen molar-refractivity contribution >= 4 is 17.4 Å². The zero-order valence-electron chi connectivity index (χ0n) is 12.4. The van der Waals surface area contributed by atoms with E-state index >= 15 is 0 Å². The Morgan fingerprint density at radius 2 is 2.05 bits per heavy atom. The van der Waals surface area contributed by atoms with E-state index in [0.717, 1.165) is 11.7 Å². The van der Waals surface area contributed by atoms with Crippen LogP contribution in [0.5, 0.6) is 0 Å². The van der Waals surface area contributed by atoms with Crippen LogP contribution in [0.15, 0.2) is 12.1 Å². The third-order valence-electron chi connectivity index (χ3n) is 4.30. The molecule has 1 saturated carbocycles. The Morgan fingerprint density at radius 1 is 1.32 bits per heavy atom. The molecule has 0 saturated heterocycles. The van der Waals surface area contributed by atoms with Crippen LogP contribution in [-0.4, -0.2) is 23.3 Å². The van der Waals surface area contributed by atoms with Gasteiger partial charge in [-0.2, -0.15) is 0 Å². The second-order valence-corrected chi connectivity index (χ2v) is 7.11. The minimum absolute atomic E-state index is 0.406. The van der Waals surface area contributed by atoms with Gasteiger partial charge in [0.2, 0.25) is 0 Å². The quantitative estimate of drug-likeness (QED) is 0.762. The predicted molar refractivity (Wildman–Crippen MR) is 80.6 cm³/mol. The van der Waals surface area contributed by atoms with Crippen LogP contribution in [0, 0.1) is 11.3 Å². The van der Waals surface area contributed by atoms with Gasteiger partial charge in [0.1, 0.15) is 0 Å². The van der Waals surface area contributed by atoms with Crippen LogP contribution in [0.2, 0.25) is 5.15 Å². The minimum Gasteiger partial charge on any atom is -0.355 e. The fourth-order valence-corrected chi connectivity index (χ4v) is 3.12. The monoisotopic (exact) mass is 281 g/mol. The molecule has 19 heavy (non-hydrogen) atoms. The lowest BCUT2D eigenvalue weighted by molar-refractivity contribution is 0.294. The van der Waals surface area contributed by atoms with Crippen LogP contribution >= 0.6 is 11.6 Å². The third kappa shape index (κ3) is 3.82. The number of rotatable bonds is 2. The summed E-state index contributed by atoms with van der Waals surface area (Å²) >= 11 is 5.80. The normalized spacial score (nSPS) is 26.8. The summed E-state index contributed by atoms with van der Waals surface area (Å²) in [6, 6.07) is 4.30. The molecular formula is C15H24ClN3. The van der Waals surface area contributed by atoms with Gasteiger partial charge in [0.25, 0.3) is 0 Å². The third-order valence-corrected chi connectivity index (χ3v) is 4.51. The van der Waals surface area contributed by atoms with Crippen molar-refractivity contribution in [2.75, 3.05) is 11.9 Å². The molecule has 2 rings (SSSR count). The number of hydrogen-bond acceptors (Lipinski definition) is 3. The predicted octanol–water partition coefficient (Wildman–Crippen LogP) is 4.17. The summed E-state index contributed by atoms with van der Waals surface area (Å²) in [5.41, 5.74) is 0.406. The highest BCUT2D eigenvalue weighted by Gasteiger charge is 2.31. The maximum absolute atomic E-state index is 5.80. The summed E-state index contributed by atoms with van der Waals surface area (Å²) in [5, 5.41) is 8.60. The summed E-state index contributed by atoms with van der Waals surface area (Å²) in [5.74, 6) is 1.69. The molecule has 0 spiro atoms. The molecule has 0 N–H and O–H groups in total. The number of halogens is 1. The van der Waals surface area contributed by atoms with Crippen molar-refractivity contribution in [1.29, 1.82) is 0 Å². The second-order valence-electron chi connectivity index (χ2n) is 6.73. The molecule has 1 fully saturated rings. The van der Waals surface area contributed by atoms with Gasteiger partial charge in [-0.25, -0.2) is 0 Å². The van der Waals surface area contributed by atoms with Crippen molar-refractivity contribution in [2.24, 2.45) is 11.3 Å². The molecule has 0 bridgehead atoms. The van der Waals surface area contributed by atoms with E-state index in [9.17, 15) is 0 Å². The Morgan fingerprint density at radius 3 is 2.68 bits per heavy atom. The molecule has 0 radical (unpaired) electrons. The highest BCUT2D eigenvalue weighted by Crippen LogP contribution is 2.38. The lowest BCUT2D eigenvalue weighted by atomic mass is 9.83. The van der Waals surface area contributed by atoms with E-state index in [1.165, 1.54) is 25.7 Å². The first-order valence-corrected chi connectivity index (χ1v) is 7.47. The van der Waals surface area contributed by atoms with Crippen LogP contribution in [0.1, 0.15) is 46.5 Å². The van der Waals surface area contributed by atoms with Gasteiger partial charge in [-0.3, -0.25) is 0 Å². The fraction of sp³-hybridized carbons (Fsp3) is 0.733. The van der Waals surface area contributed by atoms with E-state index in [0.29, 0.717) is 16.6 Å². The molecule has 1 aromatic rings. The van der Waals surface area contributed by atoms with E-state index in [1.54, 1.807) is 0 Å². The van der Waals surface area contributed by atoms with Crippen LogP contribution < -0.4 is 4.90 Å². The largest absolute Gasteiger partial charge is 0.355 e. The van der Waals surface area contributed by atoms with Gasteiger partial charge in [-0.15, -0.1) is 10.2 Å². The maximum Gasteiger partial charge on any atom is 0.151 e. The average Bonchev–Trinajstić information content (AvgIpc) is 2.48. The van der Waals surface area contributed by atoms with Crippen LogP contribution in [0.4, 0.5) is 5.82 Å². The van der Waals surface area contributed by atoms with E-state index in [4.69, 9.17) is 11.6 Å². The molecule has 1 aromatic heterocycles. The van der Waals surface area contributed by atoms with E-state index < -0.39 is 0 Å². The zero-order valence-corrected chi connectivity index (χ0v) is 13.1. The molecule has 106 valence electrons. The lowest BCUT2D eigenvalue weighted by Gasteiger charge is -2.33. The first kappa shape index (κ1) is 14.6. The fourth-order valence-electron chi connectivity index (χ4n) is 3.02. The average molecular weight is 282 g/mol. The summed E-state index contributed by atoms with van der Waals surface area (Å²) in [6.07, 6.45) is 5.07. The Kier molecular flexibility index (Phi) is 4.34. The topological polar surface area (TPSA) is 29.0 Å². The standard InChI is InChI=1S/C15H24ClN3/c1-11-7-8-15(2,3)10-12(9-11)19(4)14-6-5-13(16)17-18-14/h5-6,11-12H,7-10H2,1-4H3/t11-,12+/m0/s1. The van der Waals surface area contributed by atoms with Gasteiger partial charge < -0.3 is 4.90 Å². The van der Waals surface area contributed by atoms with Gasteiger partial charge in [0, 0.05) is 13.1 Å². The lowest BCUT2D eigenvalue weighted by Crippen LogP contribution is -2.35.